The van der Waals surface area contributed by atoms with Crippen LogP contribution in [-0.4, -0.2) is 54.0 Å². The van der Waals surface area contributed by atoms with Crippen LogP contribution in [-0.2, 0) is 6.54 Å². The molecule has 7 heteroatoms. The van der Waals surface area contributed by atoms with Crippen molar-refractivity contribution in [3.05, 3.63) is 69.8 Å². The van der Waals surface area contributed by atoms with Crippen LogP contribution in [0, 0.1) is 0 Å². The molecule has 1 aliphatic heterocycles. The molecule has 0 bridgehead atoms. The molecule has 29 heavy (non-hydrogen) atoms. The first kappa shape index (κ1) is 20.0. The molecule has 1 amide bonds. The first-order valence-corrected chi connectivity index (χ1v) is 10.2. The van der Waals surface area contributed by atoms with Gasteiger partial charge in [0.05, 0.1) is 22.7 Å². The number of rotatable bonds is 4. The first-order chi connectivity index (χ1) is 14.1. The fraction of sp³-hybridized carbons (Fsp3) is 0.273. The highest BCUT2D eigenvalue weighted by molar-refractivity contribution is 6.37. The molecule has 2 heterocycles. The summed E-state index contributed by atoms with van der Waals surface area (Å²) >= 11 is 12.4. The number of hydrogen-bond acceptors (Lipinski definition) is 4. The van der Waals surface area contributed by atoms with E-state index in [0.29, 0.717) is 34.4 Å². The Morgan fingerprint density at radius 1 is 1.07 bits per heavy atom. The van der Waals surface area contributed by atoms with Gasteiger partial charge >= 0.3 is 0 Å². The van der Waals surface area contributed by atoms with Crippen molar-refractivity contribution in [3.63, 3.8) is 0 Å². The monoisotopic (exact) mass is 429 g/mol. The van der Waals surface area contributed by atoms with Crippen LogP contribution in [0.2, 0.25) is 10.0 Å². The van der Waals surface area contributed by atoms with Gasteiger partial charge in [-0.05, 0) is 23.8 Å². The third-order valence-corrected chi connectivity index (χ3v) is 5.78. The number of para-hydroxylation sites is 1. The molecule has 0 aliphatic carbocycles. The van der Waals surface area contributed by atoms with Crippen LogP contribution in [0.15, 0.2) is 48.7 Å². The minimum absolute atomic E-state index is 0.0667. The average Bonchev–Trinajstić information content (AvgIpc) is 2.74. The lowest BCUT2D eigenvalue weighted by Crippen LogP contribution is -2.48. The molecule has 1 fully saturated rings. The van der Waals surface area contributed by atoms with E-state index in [-0.39, 0.29) is 5.91 Å². The number of ether oxygens (including phenoxy) is 1. The molecule has 2 aromatic carbocycles. The van der Waals surface area contributed by atoms with Gasteiger partial charge in [0.1, 0.15) is 0 Å². The van der Waals surface area contributed by atoms with Gasteiger partial charge in [0.25, 0.3) is 5.91 Å². The Morgan fingerprint density at radius 2 is 1.76 bits per heavy atom. The number of aromatic nitrogens is 1. The quantitative estimate of drug-likeness (QED) is 0.611. The molecule has 0 saturated carbocycles. The molecule has 0 spiro atoms. The van der Waals surface area contributed by atoms with E-state index in [9.17, 15) is 4.79 Å². The van der Waals surface area contributed by atoms with Crippen LogP contribution in [0.25, 0.3) is 10.9 Å². The molecule has 3 aromatic rings. The minimum atomic E-state index is -0.0667. The maximum Gasteiger partial charge on any atom is 0.254 e. The van der Waals surface area contributed by atoms with Crippen LogP contribution < -0.4 is 4.74 Å². The van der Waals surface area contributed by atoms with Crippen molar-refractivity contribution in [2.45, 2.75) is 6.54 Å². The van der Waals surface area contributed by atoms with E-state index in [4.69, 9.17) is 27.9 Å². The zero-order valence-corrected chi connectivity index (χ0v) is 17.6. The molecule has 0 radical (unpaired) electrons. The maximum absolute atomic E-state index is 12.9. The summed E-state index contributed by atoms with van der Waals surface area (Å²) in [6.45, 7) is 3.71. The van der Waals surface area contributed by atoms with Crippen molar-refractivity contribution < 1.29 is 9.53 Å². The summed E-state index contributed by atoms with van der Waals surface area (Å²) in [5.74, 6) is 0.321. The predicted molar refractivity (Wildman–Crippen MR) is 116 cm³/mol. The Kier molecular flexibility index (Phi) is 5.90. The highest BCUT2D eigenvalue weighted by Gasteiger charge is 2.24. The van der Waals surface area contributed by atoms with Crippen molar-refractivity contribution in [2.75, 3.05) is 33.3 Å². The highest BCUT2D eigenvalue weighted by Crippen LogP contribution is 2.34. The summed E-state index contributed by atoms with van der Waals surface area (Å²) in [6, 6.07) is 13.5. The van der Waals surface area contributed by atoms with Crippen molar-refractivity contribution in [1.82, 2.24) is 14.8 Å². The van der Waals surface area contributed by atoms with E-state index >= 15 is 0 Å². The number of fused-ring (bicyclic) bond motifs is 1. The normalized spacial score (nSPS) is 14.9. The van der Waals surface area contributed by atoms with Crippen LogP contribution in [0.4, 0.5) is 0 Å². The van der Waals surface area contributed by atoms with E-state index < -0.39 is 0 Å². The third-order valence-electron chi connectivity index (χ3n) is 5.22. The van der Waals surface area contributed by atoms with E-state index in [1.165, 1.54) is 12.7 Å². The standard InChI is InChI=1S/C22H21Cl2N3O2/c1-29-21-18(23)12-17(13-19(21)24)22(28)27-10-8-26(9-11-27)14-16-5-2-4-15-6-3-7-25-20(15)16/h2-7,12-13H,8-11,14H2,1H3. The van der Waals surface area contributed by atoms with E-state index in [1.807, 2.05) is 17.2 Å². The van der Waals surface area contributed by atoms with Gasteiger partial charge in [-0.25, -0.2) is 0 Å². The molecule has 0 unspecified atom stereocenters. The Balaban J connectivity index is 1.42. The van der Waals surface area contributed by atoms with Gasteiger partial charge in [-0.15, -0.1) is 0 Å². The largest absolute Gasteiger partial charge is 0.494 e. The second-order valence-electron chi connectivity index (χ2n) is 7.03. The Morgan fingerprint density at radius 3 is 2.45 bits per heavy atom. The topological polar surface area (TPSA) is 45.7 Å². The second kappa shape index (κ2) is 8.57. The molecule has 150 valence electrons. The first-order valence-electron chi connectivity index (χ1n) is 9.44. The molecule has 1 aromatic heterocycles. The van der Waals surface area contributed by atoms with Crippen molar-refractivity contribution in [2.24, 2.45) is 0 Å². The lowest BCUT2D eigenvalue weighted by atomic mass is 10.1. The number of carbonyl (C=O) groups excluding carboxylic acids is 1. The molecule has 0 atom stereocenters. The number of hydrogen-bond donors (Lipinski definition) is 0. The fourth-order valence-electron chi connectivity index (χ4n) is 3.71. The van der Waals surface area contributed by atoms with Crippen molar-refractivity contribution in [1.29, 1.82) is 0 Å². The Hall–Kier alpha value is -2.34. The Labute approximate surface area is 179 Å². The van der Waals surface area contributed by atoms with Crippen molar-refractivity contribution >= 4 is 40.0 Å². The molecule has 5 nitrogen and oxygen atoms in total. The Bertz CT molecular complexity index is 1020. The van der Waals surface area contributed by atoms with Gasteiger partial charge in [-0.1, -0.05) is 47.5 Å². The predicted octanol–water partition coefficient (Wildman–Crippen LogP) is 4.51. The number of pyridine rings is 1. The third kappa shape index (κ3) is 4.17. The molecule has 1 aliphatic rings. The summed E-state index contributed by atoms with van der Waals surface area (Å²) in [7, 11) is 1.50. The van der Waals surface area contributed by atoms with Crippen molar-refractivity contribution in [3.8, 4) is 5.75 Å². The van der Waals surface area contributed by atoms with Crippen LogP contribution in [0.1, 0.15) is 15.9 Å². The molecular weight excluding hydrogens is 409 g/mol. The number of benzene rings is 2. The molecule has 4 rings (SSSR count). The minimum Gasteiger partial charge on any atom is -0.494 e. The van der Waals surface area contributed by atoms with Gasteiger partial charge in [0, 0.05) is 49.9 Å². The van der Waals surface area contributed by atoms with E-state index in [1.54, 1.807) is 12.1 Å². The second-order valence-corrected chi connectivity index (χ2v) is 7.85. The van der Waals surface area contributed by atoms with Gasteiger partial charge in [0.2, 0.25) is 0 Å². The zero-order chi connectivity index (χ0) is 20.4. The lowest BCUT2D eigenvalue weighted by Gasteiger charge is -2.35. The lowest BCUT2D eigenvalue weighted by molar-refractivity contribution is 0.0629. The van der Waals surface area contributed by atoms with E-state index in [2.05, 4.69) is 34.1 Å². The van der Waals surface area contributed by atoms with Crippen LogP contribution in [0.5, 0.6) is 5.75 Å². The van der Waals surface area contributed by atoms with Gasteiger partial charge in [-0.2, -0.15) is 0 Å². The SMILES string of the molecule is COc1c(Cl)cc(C(=O)N2CCN(Cc3cccc4cccnc34)CC2)cc1Cl. The van der Waals surface area contributed by atoms with E-state index in [0.717, 1.165) is 30.5 Å². The summed E-state index contributed by atoms with van der Waals surface area (Å²) in [6.07, 6.45) is 1.83. The smallest absolute Gasteiger partial charge is 0.254 e. The maximum atomic E-state index is 12.9. The van der Waals surface area contributed by atoms with Crippen LogP contribution in [0.3, 0.4) is 0 Å². The molecule has 0 N–H and O–H groups in total. The highest BCUT2D eigenvalue weighted by atomic mass is 35.5. The molecular formula is C22H21Cl2N3O2. The summed E-state index contributed by atoms with van der Waals surface area (Å²) in [4.78, 5) is 21.6. The number of halogens is 2. The number of nitrogens with zero attached hydrogens (tertiary/aromatic N) is 3. The summed E-state index contributed by atoms with van der Waals surface area (Å²) in [5.41, 5.74) is 2.72. The zero-order valence-electron chi connectivity index (χ0n) is 16.1. The fourth-order valence-corrected chi connectivity index (χ4v) is 4.35. The van der Waals surface area contributed by atoms with Crippen LogP contribution >= 0.6 is 23.2 Å². The number of amides is 1. The molecule has 1 saturated heterocycles. The van der Waals surface area contributed by atoms with Gasteiger partial charge < -0.3 is 9.64 Å². The van der Waals surface area contributed by atoms with Gasteiger partial charge in [-0.3, -0.25) is 14.7 Å². The average molecular weight is 430 g/mol. The number of carbonyl (C=O) groups is 1. The van der Waals surface area contributed by atoms with Gasteiger partial charge in [0.15, 0.2) is 5.75 Å². The summed E-state index contributed by atoms with van der Waals surface area (Å²) < 4.78 is 5.16. The summed E-state index contributed by atoms with van der Waals surface area (Å²) in [5, 5.41) is 1.82. The number of methoxy groups -OCH3 is 1. The number of piperazine rings is 1.